The molecule has 2 aromatic rings. The van der Waals surface area contributed by atoms with E-state index in [1.54, 1.807) is 7.11 Å². The van der Waals surface area contributed by atoms with Crippen LogP contribution >= 0.6 is 0 Å². The Kier molecular flexibility index (Phi) is 5.93. The molecule has 2 aromatic carbocycles. The highest BCUT2D eigenvalue weighted by atomic mass is 16.5. The third kappa shape index (κ3) is 3.96. The minimum atomic E-state index is -0.290. The molecule has 0 spiro atoms. The maximum Gasteiger partial charge on any atom is 0.0796 e. The van der Waals surface area contributed by atoms with Crippen molar-refractivity contribution in [2.45, 2.75) is 58.5 Å². The van der Waals surface area contributed by atoms with E-state index in [0.29, 0.717) is 0 Å². The second-order valence-electron chi connectivity index (χ2n) is 7.34. The molecule has 1 N–H and O–H groups in total. The van der Waals surface area contributed by atoms with Crippen molar-refractivity contribution in [3.63, 3.8) is 0 Å². The van der Waals surface area contributed by atoms with Gasteiger partial charge in [-0.25, -0.2) is 0 Å². The van der Waals surface area contributed by atoms with E-state index in [1.165, 1.54) is 46.2 Å². The van der Waals surface area contributed by atoms with E-state index < -0.39 is 0 Å². The van der Waals surface area contributed by atoms with E-state index in [1.807, 2.05) is 0 Å². The molecular weight excluding hydrogens is 308 g/mol. The normalized spacial score (nSPS) is 16.2. The molecule has 0 bridgehead atoms. The van der Waals surface area contributed by atoms with Crippen LogP contribution in [-0.4, -0.2) is 18.8 Å². The summed E-state index contributed by atoms with van der Waals surface area (Å²) in [5.41, 5.74) is 9.27. The average Bonchev–Trinajstić information content (AvgIpc) is 2.96. The van der Waals surface area contributed by atoms with Crippen molar-refractivity contribution < 1.29 is 9.84 Å². The smallest absolute Gasteiger partial charge is 0.0796 e. The summed E-state index contributed by atoms with van der Waals surface area (Å²) in [5, 5.41) is 10.2. The molecule has 25 heavy (non-hydrogen) atoms. The molecule has 0 heterocycles. The summed E-state index contributed by atoms with van der Waals surface area (Å²) in [6, 6.07) is 11.1. The number of aryl methyl sites for hydroxylation is 3. The fourth-order valence-corrected chi connectivity index (χ4v) is 4.24. The second-order valence-corrected chi connectivity index (χ2v) is 7.34. The zero-order chi connectivity index (χ0) is 17.8. The zero-order valence-corrected chi connectivity index (χ0v) is 15.8. The molecule has 0 fully saturated rings. The minimum absolute atomic E-state index is 0.290. The number of hydrogen-bond acceptors (Lipinski definition) is 2. The van der Waals surface area contributed by atoms with Crippen molar-refractivity contribution >= 4 is 0 Å². The van der Waals surface area contributed by atoms with Crippen molar-refractivity contribution in [3.05, 3.63) is 58.1 Å². The Morgan fingerprint density at radius 2 is 1.84 bits per heavy atom. The number of aliphatic hydroxyl groups excluding tert-OH is 1. The van der Waals surface area contributed by atoms with E-state index >= 15 is 0 Å². The van der Waals surface area contributed by atoms with Gasteiger partial charge in [0, 0.05) is 13.7 Å². The molecule has 0 aliphatic heterocycles. The van der Waals surface area contributed by atoms with Gasteiger partial charge in [0.1, 0.15) is 0 Å². The van der Waals surface area contributed by atoms with Crippen LogP contribution in [0.15, 0.2) is 30.3 Å². The summed E-state index contributed by atoms with van der Waals surface area (Å²) in [5.74, 6) is 0. The Hall–Kier alpha value is -1.64. The van der Waals surface area contributed by atoms with Gasteiger partial charge in [0.15, 0.2) is 0 Å². The van der Waals surface area contributed by atoms with Gasteiger partial charge in [-0.2, -0.15) is 0 Å². The summed E-state index contributed by atoms with van der Waals surface area (Å²) in [6.07, 6.45) is 6.26. The van der Waals surface area contributed by atoms with Crippen LogP contribution in [-0.2, 0) is 17.6 Å². The van der Waals surface area contributed by atoms with Gasteiger partial charge < -0.3 is 9.84 Å². The number of aliphatic hydroxyl groups is 1. The molecule has 0 saturated heterocycles. The lowest BCUT2D eigenvalue weighted by atomic mass is 9.88. The monoisotopic (exact) mass is 338 g/mol. The lowest BCUT2D eigenvalue weighted by molar-refractivity contribution is 0.180. The van der Waals surface area contributed by atoms with E-state index in [2.05, 4.69) is 44.2 Å². The van der Waals surface area contributed by atoms with Crippen LogP contribution in [0.3, 0.4) is 0 Å². The number of rotatable bonds is 7. The van der Waals surface area contributed by atoms with Crippen LogP contribution < -0.4 is 0 Å². The second kappa shape index (κ2) is 8.16. The zero-order valence-electron chi connectivity index (χ0n) is 15.8. The number of methoxy groups -OCH3 is 1. The molecule has 3 rings (SSSR count). The summed E-state index contributed by atoms with van der Waals surface area (Å²) in [7, 11) is 1.77. The Labute approximate surface area is 151 Å². The van der Waals surface area contributed by atoms with Crippen molar-refractivity contribution in [2.24, 2.45) is 0 Å². The molecular formula is C23H30O2. The van der Waals surface area contributed by atoms with E-state index in [4.69, 9.17) is 4.74 Å². The first kappa shape index (κ1) is 18.2. The summed E-state index contributed by atoms with van der Waals surface area (Å²) < 4.78 is 5.12. The Morgan fingerprint density at radius 1 is 1.08 bits per heavy atom. The third-order valence-electron chi connectivity index (χ3n) is 5.41. The van der Waals surface area contributed by atoms with Crippen molar-refractivity contribution in [1.29, 1.82) is 0 Å². The maximum absolute atomic E-state index is 10.2. The Morgan fingerprint density at radius 3 is 2.56 bits per heavy atom. The van der Waals surface area contributed by atoms with Gasteiger partial charge in [0.25, 0.3) is 0 Å². The molecule has 2 nitrogen and oxygen atoms in total. The summed E-state index contributed by atoms with van der Waals surface area (Å²) >= 11 is 0. The highest BCUT2D eigenvalue weighted by Crippen LogP contribution is 2.40. The van der Waals surface area contributed by atoms with E-state index in [9.17, 15) is 5.11 Å². The molecule has 1 atom stereocenters. The molecule has 2 heteroatoms. The number of benzene rings is 2. The number of ether oxygens (including phenoxy) is 1. The molecule has 1 aliphatic rings. The first-order chi connectivity index (χ1) is 12.1. The molecule has 0 saturated carbocycles. The minimum Gasteiger partial charge on any atom is -0.388 e. The highest BCUT2D eigenvalue weighted by molar-refractivity contribution is 5.76. The lowest BCUT2D eigenvalue weighted by Crippen LogP contribution is -1.97. The summed E-state index contributed by atoms with van der Waals surface area (Å²) in [4.78, 5) is 0. The van der Waals surface area contributed by atoms with E-state index in [0.717, 1.165) is 37.9 Å². The fraction of sp³-hybridized carbons (Fsp3) is 0.478. The molecule has 134 valence electrons. The van der Waals surface area contributed by atoms with Crippen LogP contribution in [0, 0.1) is 13.8 Å². The standard InChI is InChI=1S/C23H30O2/c1-16-14-18(8-5-4-6-13-25-3)15-17(2)23(16)21-10-7-9-20-19(21)11-12-22(20)24/h7,9-10,14-15,22,24H,4-6,8,11-13H2,1-3H3. The molecule has 1 aliphatic carbocycles. The third-order valence-corrected chi connectivity index (χ3v) is 5.41. The largest absolute Gasteiger partial charge is 0.388 e. The first-order valence-corrected chi connectivity index (χ1v) is 9.51. The Balaban J connectivity index is 1.82. The lowest BCUT2D eigenvalue weighted by Gasteiger charge is -2.16. The van der Waals surface area contributed by atoms with Crippen LogP contribution in [0.4, 0.5) is 0 Å². The molecule has 1 unspecified atom stereocenters. The highest BCUT2D eigenvalue weighted by Gasteiger charge is 2.24. The van der Waals surface area contributed by atoms with Crippen molar-refractivity contribution in [1.82, 2.24) is 0 Å². The van der Waals surface area contributed by atoms with Gasteiger partial charge in [-0.05, 0) is 84.9 Å². The summed E-state index contributed by atoms with van der Waals surface area (Å²) in [6.45, 7) is 5.31. The number of hydrogen-bond donors (Lipinski definition) is 1. The quantitative estimate of drug-likeness (QED) is 0.693. The van der Waals surface area contributed by atoms with Gasteiger partial charge in [0.05, 0.1) is 6.10 Å². The predicted molar refractivity (Wildman–Crippen MR) is 104 cm³/mol. The van der Waals surface area contributed by atoms with Crippen molar-refractivity contribution in [3.8, 4) is 11.1 Å². The average molecular weight is 338 g/mol. The SMILES string of the molecule is COCCCCCc1cc(C)c(-c2cccc3c2CCC3O)c(C)c1. The van der Waals surface area contributed by atoms with Crippen LogP contribution in [0.5, 0.6) is 0 Å². The predicted octanol–water partition coefficient (Wildman–Crippen LogP) is 5.31. The van der Waals surface area contributed by atoms with Crippen LogP contribution in [0.2, 0.25) is 0 Å². The topological polar surface area (TPSA) is 29.5 Å². The molecule has 0 amide bonds. The number of unbranched alkanes of at least 4 members (excludes halogenated alkanes) is 2. The fourth-order valence-electron chi connectivity index (χ4n) is 4.24. The molecule has 0 radical (unpaired) electrons. The van der Waals surface area contributed by atoms with Gasteiger partial charge >= 0.3 is 0 Å². The van der Waals surface area contributed by atoms with Crippen LogP contribution in [0.25, 0.3) is 11.1 Å². The van der Waals surface area contributed by atoms with Gasteiger partial charge in [-0.3, -0.25) is 0 Å². The van der Waals surface area contributed by atoms with Gasteiger partial charge in [0.2, 0.25) is 0 Å². The number of fused-ring (bicyclic) bond motifs is 1. The van der Waals surface area contributed by atoms with Gasteiger partial charge in [-0.15, -0.1) is 0 Å². The maximum atomic E-state index is 10.2. The van der Waals surface area contributed by atoms with E-state index in [-0.39, 0.29) is 6.10 Å². The Bertz CT molecular complexity index is 710. The van der Waals surface area contributed by atoms with Crippen LogP contribution in [0.1, 0.15) is 59.6 Å². The molecule has 0 aromatic heterocycles. The van der Waals surface area contributed by atoms with Gasteiger partial charge in [-0.1, -0.05) is 36.8 Å². The first-order valence-electron chi connectivity index (χ1n) is 9.51. The van der Waals surface area contributed by atoms with Crippen molar-refractivity contribution in [2.75, 3.05) is 13.7 Å².